The fourth-order valence-electron chi connectivity index (χ4n) is 1.31. The summed E-state index contributed by atoms with van der Waals surface area (Å²) in [5.74, 6) is 6.19. The molecule has 0 unspecified atom stereocenters. The van der Waals surface area contributed by atoms with E-state index in [2.05, 4.69) is 21.8 Å². The summed E-state index contributed by atoms with van der Waals surface area (Å²) >= 11 is 0. The van der Waals surface area contributed by atoms with Crippen LogP contribution in [0.4, 0.5) is 5.82 Å². The van der Waals surface area contributed by atoms with E-state index in [1.165, 1.54) is 6.33 Å². The maximum atomic E-state index is 5.73. The van der Waals surface area contributed by atoms with Crippen molar-refractivity contribution in [2.45, 2.75) is 0 Å². The molecule has 0 atom stereocenters. The van der Waals surface area contributed by atoms with Crippen molar-refractivity contribution >= 4 is 16.7 Å². The number of benzene rings is 1. The van der Waals surface area contributed by atoms with Gasteiger partial charge in [0.15, 0.2) is 0 Å². The van der Waals surface area contributed by atoms with Crippen LogP contribution in [0.3, 0.4) is 0 Å². The lowest BCUT2D eigenvalue weighted by Crippen LogP contribution is -1.94. The van der Waals surface area contributed by atoms with Gasteiger partial charge < -0.3 is 11.5 Å². The van der Waals surface area contributed by atoms with Gasteiger partial charge in [-0.05, 0) is 18.2 Å². The first-order chi connectivity index (χ1) is 7.31. The second kappa shape index (κ2) is 3.95. The minimum absolute atomic E-state index is 0.346. The number of aromatic nitrogens is 2. The fraction of sp³-hybridized carbons (Fsp3) is 0.0909. The Labute approximate surface area is 87.3 Å². The molecular formula is C11H10N4. The SMILES string of the molecule is NCC#Cc1ccc2ncnc(N)c2c1. The van der Waals surface area contributed by atoms with E-state index < -0.39 is 0 Å². The number of hydrogen-bond acceptors (Lipinski definition) is 4. The lowest BCUT2D eigenvalue weighted by molar-refractivity contribution is 1.23. The molecule has 0 spiro atoms. The number of nitrogen functional groups attached to an aromatic ring is 1. The van der Waals surface area contributed by atoms with Crippen LogP contribution in [0.15, 0.2) is 24.5 Å². The molecule has 2 rings (SSSR count). The van der Waals surface area contributed by atoms with E-state index in [1.54, 1.807) is 0 Å². The third-order valence-corrected chi connectivity index (χ3v) is 2.00. The molecule has 4 nitrogen and oxygen atoms in total. The van der Waals surface area contributed by atoms with Crippen LogP contribution >= 0.6 is 0 Å². The molecule has 4 heteroatoms. The predicted molar refractivity (Wildman–Crippen MR) is 59.9 cm³/mol. The van der Waals surface area contributed by atoms with E-state index in [1.807, 2.05) is 18.2 Å². The van der Waals surface area contributed by atoms with Crippen LogP contribution in [0, 0.1) is 11.8 Å². The molecule has 1 heterocycles. The van der Waals surface area contributed by atoms with Crippen LogP contribution in [0.2, 0.25) is 0 Å². The highest BCUT2D eigenvalue weighted by Crippen LogP contribution is 2.17. The molecule has 0 radical (unpaired) electrons. The number of fused-ring (bicyclic) bond motifs is 1. The van der Waals surface area contributed by atoms with Crippen LogP contribution in [0.25, 0.3) is 10.9 Å². The summed E-state index contributed by atoms with van der Waals surface area (Å²) in [5, 5.41) is 0.821. The number of nitrogens with zero attached hydrogens (tertiary/aromatic N) is 2. The number of rotatable bonds is 0. The van der Waals surface area contributed by atoms with Gasteiger partial charge >= 0.3 is 0 Å². The van der Waals surface area contributed by atoms with Crippen LogP contribution in [-0.2, 0) is 0 Å². The Balaban J connectivity index is 2.59. The van der Waals surface area contributed by atoms with Crippen LogP contribution in [-0.4, -0.2) is 16.5 Å². The quantitative estimate of drug-likeness (QED) is 0.605. The van der Waals surface area contributed by atoms with Crippen molar-refractivity contribution in [1.82, 2.24) is 9.97 Å². The van der Waals surface area contributed by atoms with Crippen molar-refractivity contribution in [3.63, 3.8) is 0 Å². The van der Waals surface area contributed by atoms with Gasteiger partial charge in [0.2, 0.25) is 0 Å². The van der Waals surface area contributed by atoms with Gasteiger partial charge in [-0.1, -0.05) is 11.8 Å². The van der Waals surface area contributed by atoms with Crippen LogP contribution in [0.1, 0.15) is 5.56 Å². The Bertz CT molecular complexity index is 551. The van der Waals surface area contributed by atoms with Crippen molar-refractivity contribution < 1.29 is 0 Å². The monoisotopic (exact) mass is 198 g/mol. The van der Waals surface area contributed by atoms with E-state index in [0.717, 1.165) is 16.5 Å². The molecule has 0 saturated heterocycles. The Morgan fingerprint density at radius 3 is 2.93 bits per heavy atom. The zero-order chi connectivity index (χ0) is 10.7. The van der Waals surface area contributed by atoms with Gasteiger partial charge in [0.25, 0.3) is 0 Å². The fourth-order valence-corrected chi connectivity index (χ4v) is 1.31. The van der Waals surface area contributed by atoms with Gasteiger partial charge in [0, 0.05) is 10.9 Å². The Morgan fingerprint density at radius 1 is 1.27 bits per heavy atom. The normalized spacial score (nSPS) is 9.67. The molecule has 0 aliphatic carbocycles. The van der Waals surface area contributed by atoms with Crippen molar-refractivity contribution in [3.8, 4) is 11.8 Å². The molecular weight excluding hydrogens is 188 g/mol. The third kappa shape index (κ3) is 1.87. The molecule has 1 aromatic carbocycles. The summed E-state index contributed by atoms with van der Waals surface area (Å²) in [7, 11) is 0. The summed E-state index contributed by atoms with van der Waals surface area (Å²) in [6.07, 6.45) is 1.45. The summed E-state index contributed by atoms with van der Waals surface area (Å²) in [6, 6.07) is 5.62. The van der Waals surface area contributed by atoms with Gasteiger partial charge in [-0.25, -0.2) is 9.97 Å². The molecule has 1 aromatic heterocycles. The number of hydrogen-bond donors (Lipinski definition) is 2. The summed E-state index contributed by atoms with van der Waals surface area (Å²) in [5.41, 5.74) is 12.7. The molecule has 0 bridgehead atoms. The average molecular weight is 198 g/mol. The summed E-state index contributed by atoms with van der Waals surface area (Å²) < 4.78 is 0. The maximum absolute atomic E-state index is 5.73. The minimum Gasteiger partial charge on any atom is -0.383 e. The highest BCUT2D eigenvalue weighted by molar-refractivity contribution is 5.88. The lowest BCUT2D eigenvalue weighted by Gasteiger charge is -1.99. The van der Waals surface area contributed by atoms with Crippen molar-refractivity contribution in [3.05, 3.63) is 30.1 Å². The highest BCUT2D eigenvalue weighted by Gasteiger charge is 1.99. The molecule has 0 aliphatic rings. The first-order valence-electron chi connectivity index (χ1n) is 4.50. The van der Waals surface area contributed by atoms with Crippen molar-refractivity contribution in [1.29, 1.82) is 0 Å². The van der Waals surface area contributed by atoms with Crippen LogP contribution in [0.5, 0.6) is 0 Å². The highest BCUT2D eigenvalue weighted by atomic mass is 14.9. The summed E-state index contributed by atoms with van der Waals surface area (Å²) in [6.45, 7) is 0.346. The first kappa shape index (κ1) is 9.44. The first-order valence-corrected chi connectivity index (χ1v) is 4.50. The largest absolute Gasteiger partial charge is 0.383 e. The number of nitrogens with two attached hydrogens (primary N) is 2. The maximum Gasteiger partial charge on any atom is 0.134 e. The minimum atomic E-state index is 0.346. The molecule has 74 valence electrons. The molecule has 2 aromatic rings. The predicted octanol–water partition coefficient (Wildman–Crippen LogP) is 0.522. The molecule has 0 saturated carbocycles. The second-order valence-corrected chi connectivity index (χ2v) is 3.00. The molecule has 0 aliphatic heterocycles. The van der Waals surface area contributed by atoms with E-state index in [0.29, 0.717) is 12.4 Å². The summed E-state index contributed by atoms with van der Waals surface area (Å²) in [4.78, 5) is 8.02. The lowest BCUT2D eigenvalue weighted by atomic mass is 10.1. The molecule has 0 fully saturated rings. The third-order valence-electron chi connectivity index (χ3n) is 2.00. The van der Waals surface area contributed by atoms with Gasteiger partial charge in [-0.3, -0.25) is 0 Å². The molecule has 0 amide bonds. The van der Waals surface area contributed by atoms with Crippen molar-refractivity contribution in [2.75, 3.05) is 12.3 Å². The van der Waals surface area contributed by atoms with Gasteiger partial charge in [-0.15, -0.1) is 0 Å². The Morgan fingerprint density at radius 2 is 2.13 bits per heavy atom. The zero-order valence-corrected chi connectivity index (χ0v) is 8.07. The van der Waals surface area contributed by atoms with Gasteiger partial charge in [0.05, 0.1) is 12.1 Å². The Kier molecular flexibility index (Phi) is 2.48. The van der Waals surface area contributed by atoms with Gasteiger partial charge in [0.1, 0.15) is 12.1 Å². The van der Waals surface area contributed by atoms with E-state index in [-0.39, 0.29) is 0 Å². The average Bonchev–Trinajstić information content (AvgIpc) is 2.27. The molecule has 4 N–H and O–H groups in total. The van der Waals surface area contributed by atoms with E-state index in [4.69, 9.17) is 11.5 Å². The van der Waals surface area contributed by atoms with Gasteiger partial charge in [-0.2, -0.15) is 0 Å². The smallest absolute Gasteiger partial charge is 0.134 e. The topological polar surface area (TPSA) is 77.8 Å². The van der Waals surface area contributed by atoms with E-state index in [9.17, 15) is 0 Å². The number of anilines is 1. The van der Waals surface area contributed by atoms with Crippen molar-refractivity contribution in [2.24, 2.45) is 5.73 Å². The standard InChI is InChI=1S/C11H10N4/c12-5-1-2-8-3-4-10-9(6-8)11(13)15-7-14-10/h3-4,6-7H,5,12H2,(H2,13,14,15). The van der Waals surface area contributed by atoms with E-state index >= 15 is 0 Å². The second-order valence-electron chi connectivity index (χ2n) is 3.00. The molecule has 15 heavy (non-hydrogen) atoms. The van der Waals surface area contributed by atoms with Crippen LogP contribution < -0.4 is 11.5 Å². The Hall–Kier alpha value is -2.12. The zero-order valence-electron chi connectivity index (χ0n) is 8.07.